The fraction of sp³-hybridized carbons (Fsp3) is 0.550. The lowest BCUT2D eigenvalue weighted by Gasteiger charge is -2.39. The molecule has 2 unspecified atom stereocenters. The third-order valence-corrected chi connectivity index (χ3v) is 6.01. The Morgan fingerprint density at radius 2 is 1.76 bits per heavy atom. The minimum Gasteiger partial charge on any atom is -0.335 e. The summed E-state index contributed by atoms with van der Waals surface area (Å²) in [7, 11) is 1.47. The minimum absolute atomic E-state index is 0.0240. The summed E-state index contributed by atoms with van der Waals surface area (Å²) in [6.45, 7) is 7.60. The van der Waals surface area contributed by atoms with Crippen LogP contribution in [0, 0.1) is 10.8 Å². The SMILES string of the molecule is CN1C(=O)c2ccc(C(=O)N3CC4(C)CC3CC(C)(C)C4)cc2C1=O. The Balaban J connectivity index is 1.65. The third kappa shape index (κ3) is 2.40. The maximum atomic E-state index is 13.1. The summed E-state index contributed by atoms with van der Waals surface area (Å²) in [5.41, 5.74) is 1.65. The van der Waals surface area contributed by atoms with Crippen molar-refractivity contribution in [3.05, 3.63) is 34.9 Å². The third-order valence-electron chi connectivity index (χ3n) is 6.01. The zero-order chi connectivity index (χ0) is 18.1. The van der Waals surface area contributed by atoms with Gasteiger partial charge in [-0.05, 0) is 48.3 Å². The number of likely N-dealkylation sites (tertiary alicyclic amines) is 1. The minimum atomic E-state index is -0.331. The van der Waals surface area contributed by atoms with Crippen LogP contribution in [0.15, 0.2) is 18.2 Å². The highest BCUT2D eigenvalue weighted by atomic mass is 16.2. The number of benzene rings is 1. The molecule has 25 heavy (non-hydrogen) atoms. The Bertz CT molecular complexity index is 813. The lowest BCUT2D eigenvalue weighted by Crippen LogP contribution is -2.37. The van der Waals surface area contributed by atoms with Gasteiger partial charge in [0.15, 0.2) is 0 Å². The first-order valence-corrected chi connectivity index (χ1v) is 8.88. The van der Waals surface area contributed by atoms with Gasteiger partial charge in [-0.1, -0.05) is 20.8 Å². The lowest BCUT2D eigenvalue weighted by molar-refractivity contribution is 0.0689. The molecule has 0 aromatic heterocycles. The topological polar surface area (TPSA) is 57.7 Å². The van der Waals surface area contributed by atoms with E-state index in [2.05, 4.69) is 20.8 Å². The number of carbonyl (C=O) groups is 3. The van der Waals surface area contributed by atoms with Crippen molar-refractivity contribution >= 4 is 17.7 Å². The van der Waals surface area contributed by atoms with Gasteiger partial charge in [-0.25, -0.2) is 0 Å². The molecular formula is C20H24N2O3. The summed E-state index contributed by atoms with van der Waals surface area (Å²) >= 11 is 0. The van der Waals surface area contributed by atoms with Gasteiger partial charge >= 0.3 is 0 Å². The van der Waals surface area contributed by atoms with E-state index in [-0.39, 0.29) is 34.6 Å². The van der Waals surface area contributed by atoms with Gasteiger partial charge < -0.3 is 4.90 Å². The first-order valence-electron chi connectivity index (χ1n) is 8.88. The quantitative estimate of drug-likeness (QED) is 0.739. The van der Waals surface area contributed by atoms with Gasteiger partial charge in [-0.2, -0.15) is 0 Å². The predicted octanol–water partition coefficient (Wildman–Crippen LogP) is 2.95. The van der Waals surface area contributed by atoms with Crippen molar-refractivity contribution < 1.29 is 14.4 Å². The van der Waals surface area contributed by atoms with Crippen molar-refractivity contribution in [2.75, 3.05) is 13.6 Å². The second-order valence-corrected chi connectivity index (χ2v) is 9.08. The summed E-state index contributed by atoms with van der Waals surface area (Å²) in [5, 5.41) is 0. The van der Waals surface area contributed by atoms with Crippen molar-refractivity contribution in [3.8, 4) is 0 Å². The summed E-state index contributed by atoms with van der Waals surface area (Å²) in [5.74, 6) is -0.655. The highest BCUT2D eigenvalue weighted by Gasteiger charge is 2.51. The number of nitrogens with zero attached hydrogens (tertiary/aromatic N) is 2. The maximum absolute atomic E-state index is 13.1. The molecule has 132 valence electrons. The molecule has 5 nitrogen and oxygen atoms in total. The van der Waals surface area contributed by atoms with Gasteiger partial charge in [0.1, 0.15) is 0 Å². The second kappa shape index (κ2) is 4.93. The van der Waals surface area contributed by atoms with Crippen LogP contribution in [0.2, 0.25) is 0 Å². The van der Waals surface area contributed by atoms with E-state index in [0.717, 1.165) is 30.7 Å². The van der Waals surface area contributed by atoms with Crippen LogP contribution in [0.1, 0.15) is 71.1 Å². The van der Waals surface area contributed by atoms with Crippen LogP contribution in [-0.4, -0.2) is 47.2 Å². The Labute approximate surface area is 148 Å². The fourth-order valence-electron chi connectivity index (χ4n) is 5.36. The van der Waals surface area contributed by atoms with Crippen molar-refractivity contribution in [2.45, 2.75) is 46.1 Å². The molecule has 1 saturated heterocycles. The van der Waals surface area contributed by atoms with E-state index in [0.29, 0.717) is 16.7 Å². The van der Waals surface area contributed by atoms with Gasteiger partial charge in [0.05, 0.1) is 11.1 Å². The van der Waals surface area contributed by atoms with E-state index >= 15 is 0 Å². The fourth-order valence-corrected chi connectivity index (χ4v) is 5.36. The number of hydrogen-bond donors (Lipinski definition) is 0. The van der Waals surface area contributed by atoms with E-state index in [4.69, 9.17) is 0 Å². The van der Waals surface area contributed by atoms with Crippen LogP contribution < -0.4 is 0 Å². The Hall–Kier alpha value is -2.17. The number of fused-ring (bicyclic) bond motifs is 3. The molecule has 2 atom stereocenters. The van der Waals surface area contributed by atoms with Crippen molar-refractivity contribution in [1.82, 2.24) is 9.80 Å². The molecule has 3 amide bonds. The van der Waals surface area contributed by atoms with Crippen molar-refractivity contribution in [1.29, 1.82) is 0 Å². The molecule has 0 N–H and O–H groups in total. The molecule has 2 aliphatic heterocycles. The van der Waals surface area contributed by atoms with Crippen LogP contribution in [0.5, 0.6) is 0 Å². The molecule has 2 bridgehead atoms. The van der Waals surface area contributed by atoms with Gasteiger partial charge in [0, 0.05) is 25.2 Å². The van der Waals surface area contributed by atoms with Gasteiger partial charge in [0.2, 0.25) is 0 Å². The van der Waals surface area contributed by atoms with E-state index in [9.17, 15) is 14.4 Å². The number of rotatable bonds is 1. The maximum Gasteiger partial charge on any atom is 0.261 e. The number of carbonyl (C=O) groups excluding carboxylic acids is 3. The van der Waals surface area contributed by atoms with Crippen LogP contribution in [0.3, 0.4) is 0 Å². The highest BCUT2D eigenvalue weighted by Crippen LogP contribution is 2.52. The predicted molar refractivity (Wildman–Crippen MR) is 93.4 cm³/mol. The Morgan fingerprint density at radius 1 is 1.08 bits per heavy atom. The smallest absolute Gasteiger partial charge is 0.261 e. The Kier molecular flexibility index (Phi) is 3.22. The van der Waals surface area contributed by atoms with Gasteiger partial charge in [-0.3, -0.25) is 19.3 Å². The molecular weight excluding hydrogens is 316 g/mol. The number of imide groups is 1. The summed E-state index contributed by atoms with van der Waals surface area (Å²) in [6, 6.07) is 5.15. The molecule has 1 aromatic rings. The summed E-state index contributed by atoms with van der Waals surface area (Å²) in [4.78, 5) is 40.4. The molecule has 3 aliphatic rings. The van der Waals surface area contributed by atoms with Gasteiger partial charge in [-0.15, -0.1) is 0 Å². The first kappa shape index (κ1) is 16.3. The average molecular weight is 340 g/mol. The van der Waals surface area contributed by atoms with E-state index in [1.165, 1.54) is 7.05 Å². The second-order valence-electron chi connectivity index (χ2n) is 9.08. The highest BCUT2D eigenvalue weighted by molar-refractivity contribution is 6.21. The zero-order valence-corrected chi connectivity index (χ0v) is 15.3. The normalized spacial score (nSPS) is 30.0. The lowest BCUT2D eigenvalue weighted by atomic mass is 9.65. The summed E-state index contributed by atoms with van der Waals surface area (Å²) in [6.07, 6.45) is 3.19. The molecule has 2 fully saturated rings. The summed E-state index contributed by atoms with van der Waals surface area (Å²) < 4.78 is 0. The monoisotopic (exact) mass is 340 g/mol. The zero-order valence-electron chi connectivity index (χ0n) is 15.3. The van der Waals surface area contributed by atoms with E-state index < -0.39 is 0 Å². The molecule has 1 aromatic carbocycles. The van der Waals surface area contributed by atoms with Crippen molar-refractivity contribution in [3.63, 3.8) is 0 Å². The standard InChI is InChI=1S/C20H24N2O3/c1-19(2)8-13-9-20(3,10-19)11-22(13)16(23)12-5-6-14-15(7-12)18(25)21(4)17(14)24/h5-7,13H,8-11H2,1-4H3. The van der Waals surface area contributed by atoms with Crippen LogP contribution >= 0.6 is 0 Å². The number of amides is 3. The molecule has 4 rings (SSSR count). The van der Waals surface area contributed by atoms with Crippen LogP contribution in [-0.2, 0) is 0 Å². The first-order chi connectivity index (χ1) is 11.6. The van der Waals surface area contributed by atoms with Gasteiger partial charge in [0.25, 0.3) is 17.7 Å². The van der Waals surface area contributed by atoms with Crippen LogP contribution in [0.4, 0.5) is 0 Å². The molecule has 0 spiro atoms. The number of hydrogen-bond acceptors (Lipinski definition) is 3. The molecule has 5 heteroatoms. The average Bonchev–Trinajstić information content (AvgIpc) is 2.91. The largest absolute Gasteiger partial charge is 0.335 e. The molecule has 2 heterocycles. The van der Waals surface area contributed by atoms with E-state index in [1.807, 2.05) is 4.90 Å². The molecule has 0 radical (unpaired) electrons. The van der Waals surface area contributed by atoms with E-state index in [1.54, 1.807) is 18.2 Å². The molecule has 1 aliphatic carbocycles. The van der Waals surface area contributed by atoms with Crippen LogP contribution in [0.25, 0.3) is 0 Å². The molecule has 1 saturated carbocycles. The Morgan fingerprint density at radius 3 is 2.48 bits per heavy atom. The van der Waals surface area contributed by atoms with Crippen molar-refractivity contribution in [2.24, 2.45) is 10.8 Å².